The highest BCUT2D eigenvalue weighted by Gasteiger charge is 2.53. The molecule has 3 nitrogen and oxygen atoms in total. The van der Waals surface area contributed by atoms with Gasteiger partial charge in [-0.25, -0.2) is 9.37 Å². The maximum atomic E-state index is 13.0. The molecule has 0 radical (unpaired) electrons. The standard InChI is InChI=1S/C14H15Cl2FN2O/c15-12-8-11(6-7-18-12)19-13(20)5-3-1-2-4-10-9-14(10,16)17/h3,5-8,10H,1-2,4,9H2,(H,18,19,20)/b5-3+. The molecule has 6 heteroatoms. The Kier molecular flexibility index (Phi) is 5.00. The van der Waals surface area contributed by atoms with Crippen molar-refractivity contribution in [2.45, 2.75) is 30.8 Å². The van der Waals surface area contributed by atoms with Gasteiger partial charge in [-0.15, -0.1) is 0 Å². The number of nitrogens with one attached hydrogen (secondary N) is 1. The molecular weight excluding hydrogens is 302 g/mol. The Bertz CT molecular complexity index is 520. The highest BCUT2D eigenvalue weighted by atomic mass is 35.5. The Labute approximate surface area is 127 Å². The molecule has 2 atom stereocenters. The monoisotopic (exact) mass is 316 g/mol. The molecule has 20 heavy (non-hydrogen) atoms. The lowest BCUT2D eigenvalue weighted by atomic mass is 10.1. The molecule has 0 aromatic carbocycles. The maximum Gasteiger partial charge on any atom is 0.248 e. The van der Waals surface area contributed by atoms with Crippen molar-refractivity contribution in [2.24, 2.45) is 5.92 Å². The largest absolute Gasteiger partial charge is 0.322 e. The van der Waals surface area contributed by atoms with E-state index in [2.05, 4.69) is 10.3 Å². The van der Waals surface area contributed by atoms with Crippen molar-refractivity contribution >= 4 is 34.8 Å². The van der Waals surface area contributed by atoms with E-state index in [0.29, 0.717) is 17.3 Å². The Morgan fingerprint density at radius 3 is 3.05 bits per heavy atom. The number of halogens is 3. The van der Waals surface area contributed by atoms with E-state index in [1.54, 1.807) is 18.2 Å². The van der Waals surface area contributed by atoms with E-state index in [1.165, 1.54) is 12.3 Å². The summed E-state index contributed by atoms with van der Waals surface area (Å²) in [6, 6.07) is 3.23. The van der Waals surface area contributed by atoms with Gasteiger partial charge in [0, 0.05) is 24.2 Å². The number of hydrogen-bond donors (Lipinski definition) is 1. The number of unbranched alkanes of at least 4 members (excludes halogenated alkanes) is 1. The second-order valence-corrected chi connectivity index (χ2v) is 5.87. The summed E-state index contributed by atoms with van der Waals surface area (Å²) in [6.07, 6.45) is 7.52. The number of amides is 1. The van der Waals surface area contributed by atoms with Crippen LogP contribution in [0.4, 0.5) is 10.1 Å². The minimum Gasteiger partial charge on any atom is -0.322 e. The number of pyridine rings is 1. The molecule has 0 bridgehead atoms. The van der Waals surface area contributed by atoms with Crippen LogP contribution in [-0.4, -0.2) is 16.0 Å². The fraction of sp³-hybridized carbons (Fsp3) is 0.429. The fourth-order valence-electron chi connectivity index (χ4n) is 1.92. The molecule has 1 amide bonds. The average Bonchev–Trinajstić information content (AvgIpc) is 2.96. The zero-order valence-corrected chi connectivity index (χ0v) is 12.3. The Hall–Kier alpha value is -1.13. The van der Waals surface area contributed by atoms with E-state index < -0.39 is 5.13 Å². The summed E-state index contributed by atoms with van der Waals surface area (Å²) < 4.78 is 13.0. The van der Waals surface area contributed by atoms with Gasteiger partial charge in [0.2, 0.25) is 5.91 Å². The fourth-order valence-corrected chi connectivity index (χ4v) is 2.39. The number of aromatic nitrogens is 1. The molecule has 1 heterocycles. The van der Waals surface area contributed by atoms with Gasteiger partial charge in [0.05, 0.1) is 0 Å². The summed E-state index contributed by atoms with van der Waals surface area (Å²) in [7, 11) is 0. The summed E-state index contributed by atoms with van der Waals surface area (Å²) in [5, 5.41) is 1.53. The zero-order valence-electron chi connectivity index (χ0n) is 10.8. The van der Waals surface area contributed by atoms with E-state index in [0.717, 1.165) is 19.3 Å². The van der Waals surface area contributed by atoms with Gasteiger partial charge in [-0.2, -0.15) is 0 Å². The summed E-state index contributed by atoms with van der Waals surface area (Å²) in [6.45, 7) is 0. The predicted molar refractivity (Wildman–Crippen MR) is 78.7 cm³/mol. The van der Waals surface area contributed by atoms with Crippen molar-refractivity contribution in [3.05, 3.63) is 35.6 Å². The van der Waals surface area contributed by atoms with Crippen molar-refractivity contribution in [2.75, 3.05) is 5.32 Å². The molecule has 0 aliphatic heterocycles. The molecule has 1 aliphatic carbocycles. The van der Waals surface area contributed by atoms with E-state index in [9.17, 15) is 9.18 Å². The van der Waals surface area contributed by atoms with Gasteiger partial charge in [-0.3, -0.25) is 4.79 Å². The van der Waals surface area contributed by atoms with Crippen molar-refractivity contribution in [3.8, 4) is 0 Å². The van der Waals surface area contributed by atoms with Gasteiger partial charge in [-0.1, -0.05) is 29.3 Å². The SMILES string of the molecule is O=C(/C=C/CCCC1CC1(F)Cl)Nc1ccnc(Cl)c1. The Morgan fingerprint density at radius 1 is 1.65 bits per heavy atom. The first kappa shape index (κ1) is 15.3. The number of anilines is 1. The first-order valence-corrected chi connectivity index (χ1v) is 7.20. The smallest absolute Gasteiger partial charge is 0.248 e. The van der Waals surface area contributed by atoms with Crippen LogP contribution in [0.3, 0.4) is 0 Å². The van der Waals surface area contributed by atoms with Crippen LogP contribution in [0.5, 0.6) is 0 Å². The van der Waals surface area contributed by atoms with Crippen molar-refractivity contribution in [1.29, 1.82) is 0 Å². The molecular formula is C14H15Cl2FN2O. The van der Waals surface area contributed by atoms with Crippen LogP contribution in [-0.2, 0) is 4.79 Å². The summed E-state index contributed by atoms with van der Waals surface area (Å²) in [5.41, 5.74) is 0.599. The molecule has 1 N–H and O–H groups in total. The number of nitrogens with zero attached hydrogens (tertiary/aromatic N) is 1. The number of rotatable bonds is 6. The minimum atomic E-state index is -1.47. The van der Waals surface area contributed by atoms with Crippen molar-refractivity contribution in [1.82, 2.24) is 4.98 Å². The molecule has 2 unspecified atom stereocenters. The summed E-state index contributed by atoms with van der Waals surface area (Å²) in [4.78, 5) is 15.4. The van der Waals surface area contributed by atoms with Crippen LogP contribution < -0.4 is 5.32 Å². The van der Waals surface area contributed by atoms with E-state index in [1.807, 2.05) is 0 Å². The normalized spacial score (nSPS) is 24.9. The van der Waals surface area contributed by atoms with Gasteiger partial charge in [0.1, 0.15) is 5.15 Å². The second kappa shape index (κ2) is 6.55. The van der Waals surface area contributed by atoms with E-state index in [4.69, 9.17) is 23.2 Å². The first-order chi connectivity index (χ1) is 9.47. The van der Waals surface area contributed by atoms with E-state index >= 15 is 0 Å². The molecule has 0 saturated heterocycles. The highest BCUT2D eigenvalue weighted by molar-refractivity contribution is 6.29. The molecule has 108 valence electrons. The van der Waals surface area contributed by atoms with Crippen LogP contribution in [0.15, 0.2) is 30.5 Å². The van der Waals surface area contributed by atoms with Crippen LogP contribution in [0, 0.1) is 5.92 Å². The van der Waals surface area contributed by atoms with Gasteiger partial charge in [-0.05, 0) is 37.5 Å². The van der Waals surface area contributed by atoms with Crippen LogP contribution in [0.2, 0.25) is 5.15 Å². The minimum absolute atomic E-state index is 0.0228. The van der Waals surface area contributed by atoms with E-state index in [-0.39, 0.29) is 11.8 Å². The third kappa shape index (κ3) is 4.76. The van der Waals surface area contributed by atoms with Crippen LogP contribution in [0.25, 0.3) is 0 Å². The maximum absolute atomic E-state index is 13.0. The highest BCUT2D eigenvalue weighted by Crippen LogP contribution is 2.53. The molecule has 1 aromatic heterocycles. The van der Waals surface area contributed by atoms with Crippen LogP contribution in [0.1, 0.15) is 25.7 Å². The predicted octanol–water partition coefficient (Wildman–Crippen LogP) is 4.32. The molecule has 0 spiro atoms. The number of hydrogen-bond acceptors (Lipinski definition) is 2. The summed E-state index contributed by atoms with van der Waals surface area (Å²) in [5.74, 6) is -0.249. The van der Waals surface area contributed by atoms with Gasteiger partial charge < -0.3 is 5.32 Å². The van der Waals surface area contributed by atoms with Gasteiger partial charge in [0.15, 0.2) is 5.13 Å². The molecule has 2 rings (SSSR count). The van der Waals surface area contributed by atoms with Gasteiger partial charge in [0.25, 0.3) is 0 Å². The summed E-state index contributed by atoms with van der Waals surface area (Å²) >= 11 is 11.2. The molecule has 1 aromatic rings. The quantitative estimate of drug-likeness (QED) is 0.367. The molecule has 1 aliphatic rings. The number of carbonyl (C=O) groups is 1. The molecule has 1 saturated carbocycles. The number of carbonyl (C=O) groups excluding carboxylic acids is 1. The average molecular weight is 317 g/mol. The number of alkyl halides is 2. The third-order valence-corrected chi connectivity index (χ3v) is 3.81. The molecule has 1 fully saturated rings. The van der Waals surface area contributed by atoms with Crippen molar-refractivity contribution in [3.63, 3.8) is 0 Å². The first-order valence-electron chi connectivity index (χ1n) is 6.44. The lowest BCUT2D eigenvalue weighted by Crippen LogP contribution is -2.07. The topological polar surface area (TPSA) is 42.0 Å². The lowest BCUT2D eigenvalue weighted by Gasteiger charge is -2.01. The Morgan fingerprint density at radius 2 is 2.40 bits per heavy atom. The van der Waals surface area contributed by atoms with Crippen LogP contribution >= 0.6 is 23.2 Å². The van der Waals surface area contributed by atoms with Gasteiger partial charge >= 0.3 is 0 Å². The second-order valence-electron chi connectivity index (χ2n) is 4.85. The zero-order chi connectivity index (χ0) is 14.6. The lowest BCUT2D eigenvalue weighted by molar-refractivity contribution is -0.111. The number of allylic oxidation sites excluding steroid dienone is 1. The Balaban J connectivity index is 1.65. The third-order valence-electron chi connectivity index (χ3n) is 3.14. The van der Waals surface area contributed by atoms with Crippen molar-refractivity contribution < 1.29 is 9.18 Å².